The summed E-state index contributed by atoms with van der Waals surface area (Å²) in [5, 5.41) is 0. The Balaban J connectivity index is 0.910. The zero-order valence-electron chi connectivity index (χ0n) is 34.2. The standard InChI is InChI=1S/C52H68O2/c1-39(2)20-19-21-40(3)47-30-31-48-46-29-28-44-38-45(32-34-50(44,4)49(46)33-35-51(47,48)5)53-36-17-6-7-18-37-54-52(41-22-11-8-12-23-41,42-24-13-9-14-25-42)43-26-15-10-16-27-43/h8-16,22-28,39-40,45-49H,17-21,29-38H2,1-5H3/t40-,45+,46?,47-,48?,49?,50+,51-/m1/s1. The molecule has 2 heteroatoms. The van der Waals surface area contributed by atoms with E-state index in [9.17, 15) is 0 Å². The van der Waals surface area contributed by atoms with Gasteiger partial charge in [-0.25, -0.2) is 0 Å². The van der Waals surface area contributed by atoms with E-state index in [1.54, 1.807) is 5.57 Å². The van der Waals surface area contributed by atoms with Crippen LogP contribution >= 0.6 is 0 Å². The van der Waals surface area contributed by atoms with Gasteiger partial charge in [0.25, 0.3) is 0 Å². The van der Waals surface area contributed by atoms with Crippen molar-refractivity contribution in [1.82, 2.24) is 0 Å². The van der Waals surface area contributed by atoms with Gasteiger partial charge in [-0.3, -0.25) is 0 Å². The van der Waals surface area contributed by atoms with Crippen molar-refractivity contribution < 1.29 is 9.47 Å². The molecule has 3 aromatic rings. The number of ether oxygens (including phenoxy) is 2. The van der Waals surface area contributed by atoms with Crippen LogP contribution in [0.5, 0.6) is 0 Å². The molecule has 3 aromatic carbocycles. The third-order valence-electron chi connectivity index (χ3n) is 15.1. The highest BCUT2D eigenvalue weighted by atomic mass is 16.5. The number of hydrogen-bond donors (Lipinski definition) is 0. The van der Waals surface area contributed by atoms with Crippen LogP contribution in [0.25, 0.3) is 0 Å². The van der Waals surface area contributed by atoms with Gasteiger partial charge < -0.3 is 9.47 Å². The van der Waals surface area contributed by atoms with E-state index in [4.69, 9.17) is 9.47 Å². The van der Waals surface area contributed by atoms with E-state index in [-0.39, 0.29) is 0 Å². The minimum absolute atomic E-state index is 0.339. The first-order valence-corrected chi connectivity index (χ1v) is 21.8. The Morgan fingerprint density at radius 3 is 1.93 bits per heavy atom. The third kappa shape index (κ3) is 7.93. The van der Waals surface area contributed by atoms with Crippen molar-refractivity contribution in [3.8, 4) is 11.8 Å². The minimum Gasteiger partial charge on any atom is -0.377 e. The van der Waals surface area contributed by atoms with Crippen molar-refractivity contribution in [3.05, 3.63) is 119 Å². The van der Waals surface area contributed by atoms with Gasteiger partial charge >= 0.3 is 0 Å². The second-order valence-corrected chi connectivity index (χ2v) is 18.5. The van der Waals surface area contributed by atoms with Crippen LogP contribution in [-0.2, 0) is 15.1 Å². The normalized spacial score (nSPS) is 29.7. The molecule has 4 aliphatic rings. The molecule has 4 aliphatic carbocycles. The van der Waals surface area contributed by atoms with Gasteiger partial charge in [-0.1, -0.05) is 157 Å². The molecule has 0 spiro atoms. The van der Waals surface area contributed by atoms with Gasteiger partial charge in [-0.2, -0.15) is 0 Å². The van der Waals surface area contributed by atoms with E-state index in [1.165, 1.54) is 64.2 Å². The average molecular weight is 725 g/mol. The lowest BCUT2D eigenvalue weighted by atomic mass is 9.47. The molecule has 2 nitrogen and oxygen atoms in total. The lowest BCUT2D eigenvalue weighted by molar-refractivity contribution is -0.0635. The van der Waals surface area contributed by atoms with Gasteiger partial charge in [-0.05, 0) is 114 Å². The second kappa shape index (κ2) is 17.3. The fourth-order valence-corrected chi connectivity index (χ4v) is 12.3. The van der Waals surface area contributed by atoms with E-state index in [1.807, 2.05) is 0 Å². The van der Waals surface area contributed by atoms with Crippen LogP contribution in [-0.4, -0.2) is 19.3 Å². The maximum atomic E-state index is 6.91. The number of hydrogen-bond acceptors (Lipinski definition) is 2. The van der Waals surface area contributed by atoms with Crippen LogP contribution in [0.15, 0.2) is 103 Å². The molecule has 0 saturated heterocycles. The van der Waals surface area contributed by atoms with Gasteiger partial charge in [0.2, 0.25) is 0 Å². The van der Waals surface area contributed by atoms with Crippen LogP contribution in [0.4, 0.5) is 0 Å². The van der Waals surface area contributed by atoms with E-state index in [0.29, 0.717) is 36.6 Å². The summed E-state index contributed by atoms with van der Waals surface area (Å²) < 4.78 is 13.5. The van der Waals surface area contributed by atoms with Crippen molar-refractivity contribution in [1.29, 1.82) is 0 Å². The van der Waals surface area contributed by atoms with E-state index in [0.717, 1.165) is 65.0 Å². The molecule has 0 aliphatic heterocycles. The summed E-state index contributed by atoms with van der Waals surface area (Å²) >= 11 is 0. The number of benzene rings is 3. The third-order valence-corrected chi connectivity index (χ3v) is 15.1. The molecule has 0 N–H and O–H groups in total. The second-order valence-electron chi connectivity index (χ2n) is 18.5. The molecular weight excluding hydrogens is 657 g/mol. The highest BCUT2D eigenvalue weighted by Gasteiger charge is 2.59. The quantitative estimate of drug-likeness (QED) is 0.0713. The first-order valence-electron chi connectivity index (χ1n) is 21.8. The van der Waals surface area contributed by atoms with Crippen molar-refractivity contribution in [2.75, 3.05) is 13.2 Å². The molecule has 7 rings (SSSR count). The minimum atomic E-state index is -0.694. The van der Waals surface area contributed by atoms with Crippen LogP contribution in [0.3, 0.4) is 0 Å². The number of allylic oxidation sites excluding steroid dienone is 1. The Hall–Kier alpha value is -3.12. The summed E-state index contributed by atoms with van der Waals surface area (Å²) in [6.45, 7) is 14.0. The van der Waals surface area contributed by atoms with E-state index < -0.39 is 5.60 Å². The molecule has 288 valence electrons. The lowest BCUT2D eigenvalue weighted by Gasteiger charge is -2.58. The SMILES string of the molecule is CC(C)CCC[C@@H](C)[C@H]1CCC2C3CC=C4C[C@@H](OCCC#CCCOC(c5ccccc5)(c5ccccc5)c5ccccc5)CC[C@]4(C)C3CC[C@@]21C. The van der Waals surface area contributed by atoms with Gasteiger partial charge in [0, 0.05) is 12.8 Å². The van der Waals surface area contributed by atoms with Crippen molar-refractivity contribution >= 4 is 0 Å². The Kier molecular flexibility index (Phi) is 12.6. The number of fused-ring (bicyclic) bond motifs is 5. The molecule has 0 heterocycles. The zero-order valence-corrected chi connectivity index (χ0v) is 34.2. The molecule has 3 saturated carbocycles. The Morgan fingerprint density at radius 1 is 0.704 bits per heavy atom. The van der Waals surface area contributed by atoms with Gasteiger partial charge in [0.15, 0.2) is 0 Å². The summed E-state index contributed by atoms with van der Waals surface area (Å²) in [4.78, 5) is 0. The van der Waals surface area contributed by atoms with Crippen LogP contribution in [0, 0.1) is 58.2 Å². The van der Waals surface area contributed by atoms with E-state index >= 15 is 0 Å². The lowest BCUT2D eigenvalue weighted by Crippen LogP contribution is -2.51. The molecule has 8 atom stereocenters. The largest absolute Gasteiger partial charge is 0.377 e. The van der Waals surface area contributed by atoms with Crippen LogP contribution in [0.1, 0.15) is 135 Å². The first-order chi connectivity index (χ1) is 26.3. The summed E-state index contributed by atoms with van der Waals surface area (Å²) in [5.41, 5.74) is 5.34. The fourth-order valence-electron chi connectivity index (χ4n) is 12.3. The topological polar surface area (TPSA) is 18.5 Å². The molecular formula is C52H68O2. The molecule has 0 amide bonds. The predicted molar refractivity (Wildman–Crippen MR) is 225 cm³/mol. The maximum absolute atomic E-state index is 6.91. The monoisotopic (exact) mass is 725 g/mol. The van der Waals surface area contributed by atoms with E-state index in [2.05, 4.69) is 144 Å². The summed E-state index contributed by atoms with van der Waals surface area (Å²) in [5.74, 6) is 12.1. The smallest absolute Gasteiger partial charge is 0.143 e. The van der Waals surface area contributed by atoms with Crippen molar-refractivity contribution in [2.24, 2.45) is 46.3 Å². The summed E-state index contributed by atoms with van der Waals surface area (Å²) in [6.07, 6.45) is 19.5. The highest BCUT2D eigenvalue weighted by Crippen LogP contribution is 2.67. The number of rotatable bonds is 14. The van der Waals surface area contributed by atoms with Gasteiger partial charge in [0.1, 0.15) is 5.60 Å². The van der Waals surface area contributed by atoms with Crippen molar-refractivity contribution in [3.63, 3.8) is 0 Å². The highest BCUT2D eigenvalue weighted by molar-refractivity contribution is 5.47. The average Bonchev–Trinajstić information content (AvgIpc) is 3.55. The Bertz CT molecular complexity index is 1620. The molecule has 3 unspecified atom stereocenters. The van der Waals surface area contributed by atoms with Gasteiger partial charge in [0.05, 0.1) is 19.3 Å². The zero-order chi connectivity index (χ0) is 37.6. The molecule has 0 bridgehead atoms. The van der Waals surface area contributed by atoms with Crippen LogP contribution in [0.2, 0.25) is 0 Å². The molecule has 54 heavy (non-hydrogen) atoms. The summed E-state index contributed by atoms with van der Waals surface area (Å²) in [6, 6.07) is 31.8. The Labute approximate surface area is 328 Å². The molecule has 3 fully saturated rings. The van der Waals surface area contributed by atoms with Crippen LogP contribution < -0.4 is 0 Å². The Morgan fingerprint density at radius 2 is 1.31 bits per heavy atom. The summed E-state index contributed by atoms with van der Waals surface area (Å²) in [7, 11) is 0. The fraction of sp³-hybridized carbons (Fsp3) is 0.577. The molecule has 0 radical (unpaired) electrons. The van der Waals surface area contributed by atoms with Crippen molar-refractivity contribution in [2.45, 2.75) is 130 Å². The predicted octanol–water partition coefficient (Wildman–Crippen LogP) is 13.2. The molecule has 0 aromatic heterocycles. The van der Waals surface area contributed by atoms with Gasteiger partial charge in [-0.15, -0.1) is 11.8 Å². The maximum Gasteiger partial charge on any atom is 0.143 e. The first kappa shape index (κ1) is 39.1.